The minimum Gasteiger partial charge on any atom is -0.496 e. The van der Waals surface area contributed by atoms with Gasteiger partial charge in [0.15, 0.2) is 5.82 Å². The van der Waals surface area contributed by atoms with E-state index in [2.05, 4.69) is 32.6 Å². The average molecular weight is 388 g/mol. The Labute approximate surface area is 166 Å². The predicted molar refractivity (Wildman–Crippen MR) is 109 cm³/mol. The molecule has 0 unspecified atom stereocenters. The van der Waals surface area contributed by atoms with Crippen LogP contribution in [0.15, 0.2) is 71.1 Å². The Morgan fingerprint density at radius 1 is 1.17 bits per heavy atom. The Morgan fingerprint density at radius 2 is 1.93 bits per heavy atom. The summed E-state index contributed by atoms with van der Waals surface area (Å²) in [4.78, 5) is 4.09. The van der Waals surface area contributed by atoms with Gasteiger partial charge in [-0.2, -0.15) is 0 Å². The minimum absolute atomic E-state index is 0.148. The molecule has 0 atom stereocenters. The Morgan fingerprint density at radius 3 is 2.66 bits per heavy atom. The molecular weight excluding hydrogens is 371 g/mol. The van der Waals surface area contributed by atoms with Crippen LogP contribution < -0.4 is 15.9 Å². The van der Waals surface area contributed by atoms with E-state index in [1.807, 2.05) is 18.2 Å². The van der Waals surface area contributed by atoms with Crippen molar-refractivity contribution in [2.24, 2.45) is 16.1 Å². The summed E-state index contributed by atoms with van der Waals surface area (Å²) in [6.07, 6.45) is 1.40. The molecule has 0 saturated heterocycles. The van der Waals surface area contributed by atoms with Gasteiger partial charge in [0.05, 0.1) is 18.4 Å². The van der Waals surface area contributed by atoms with Crippen LogP contribution >= 0.6 is 0 Å². The number of nitrogens with zero attached hydrogens (tertiary/aromatic N) is 3. The van der Waals surface area contributed by atoms with Crippen LogP contribution in [0.2, 0.25) is 0 Å². The number of pyridine rings is 1. The number of ether oxygens (including phenoxy) is 1. The summed E-state index contributed by atoms with van der Waals surface area (Å²) in [5.41, 5.74) is 10.7. The quantitative estimate of drug-likeness (QED) is 0.202. The van der Waals surface area contributed by atoms with E-state index in [9.17, 15) is 4.39 Å². The fourth-order valence-electron chi connectivity index (χ4n) is 2.34. The number of nitrogens with two attached hydrogens (primary N) is 1. The molecule has 0 spiro atoms. The summed E-state index contributed by atoms with van der Waals surface area (Å²) >= 11 is 0. The molecule has 0 fully saturated rings. The number of anilines is 1. The molecule has 8 heteroatoms. The largest absolute Gasteiger partial charge is 0.496 e. The van der Waals surface area contributed by atoms with Gasteiger partial charge in [-0.05, 0) is 36.4 Å². The summed E-state index contributed by atoms with van der Waals surface area (Å²) < 4.78 is 18.2. The molecule has 3 rings (SSSR count). The number of nitrogens with one attached hydrogen (secondary N) is 2. The highest BCUT2D eigenvalue weighted by atomic mass is 19.1. The van der Waals surface area contributed by atoms with Crippen molar-refractivity contribution in [1.29, 1.82) is 5.41 Å². The van der Waals surface area contributed by atoms with E-state index in [-0.39, 0.29) is 17.5 Å². The number of aromatic nitrogens is 1. The zero-order chi connectivity index (χ0) is 20.6. The van der Waals surface area contributed by atoms with Crippen LogP contribution in [0, 0.1) is 23.1 Å². The van der Waals surface area contributed by atoms with Crippen molar-refractivity contribution in [1.82, 2.24) is 4.98 Å². The molecule has 0 aliphatic carbocycles. The monoisotopic (exact) mass is 388 g/mol. The lowest BCUT2D eigenvalue weighted by atomic mass is 10.1. The number of amidine groups is 1. The van der Waals surface area contributed by atoms with Gasteiger partial charge in [-0.25, -0.2) is 9.37 Å². The maximum atomic E-state index is 13.0. The van der Waals surface area contributed by atoms with Crippen molar-refractivity contribution in [2.75, 3.05) is 12.5 Å². The van der Waals surface area contributed by atoms with Gasteiger partial charge in [0, 0.05) is 23.4 Å². The smallest absolute Gasteiger partial charge is 0.179 e. The zero-order valence-corrected chi connectivity index (χ0v) is 15.5. The van der Waals surface area contributed by atoms with Gasteiger partial charge >= 0.3 is 0 Å². The van der Waals surface area contributed by atoms with Crippen molar-refractivity contribution in [3.05, 3.63) is 83.3 Å². The maximum absolute atomic E-state index is 13.0. The number of methoxy groups -OCH3 is 1. The van der Waals surface area contributed by atoms with E-state index in [0.717, 1.165) is 0 Å². The number of para-hydroxylation sites is 1. The van der Waals surface area contributed by atoms with Crippen LogP contribution in [0.3, 0.4) is 0 Å². The lowest BCUT2D eigenvalue weighted by Gasteiger charge is -2.06. The molecule has 29 heavy (non-hydrogen) atoms. The number of benzene rings is 2. The highest BCUT2D eigenvalue weighted by Gasteiger charge is 2.08. The fraction of sp³-hybridized carbons (Fsp3) is 0.0476. The first kappa shape index (κ1) is 19.5. The van der Waals surface area contributed by atoms with Crippen LogP contribution in [0.4, 0.5) is 15.9 Å². The summed E-state index contributed by atoms with van der Waals surface area (Å²) in [6, 6.07) is 14.8. The third-order valence-corrected chi connectivity index (χ3v) is 3.80. The van der Waals surface area contributed by atoms with Gasteiger partial charge in [-0.15, -0.1) is 5.11 Å². The van der Waals surface area contributed by atoms with Gasteiger partial charge in [-0.1, -0.05) is 29.2 Å². The third kappa shape index (κ3) is 5.14. The van der Waals surface area contributed by atoms with Crippen LogP contribution in [0.1, 0.15) is 16.7 Å². The van der Waals surface area contributed by atoms with Crippen LogP contribution in [-0.4, -0.2) is 17.9 Å². The number of rotatable bonds is 5. The molecule has 0 amide bonds. The predicted octanol–water partition coefficient (Wildman–Crippen LogP) is 4.02. The molecule has 0 aliphatic heterocycles. The molecule has 0 saturated carbocycles. The molecule has 0 radical (unpaired) electrons. The van der Waals surface area contributed by atoms with Gasteiger partial charge < -0.3 is 10.5 Å². The Bertz CT molecular complexity index is 1120. The summed E-state index contributed by atoms with van der Waals surface area (Å²) in [6.45, 7) is 0. The van der Waals surface area contributed by atoms with Crippen molar-refractivity contribution < 1.29 is 9.13 Å². The summed E-state index contributed by atoms with van der Waals surface area (Å²) in [5.74, 6) is 6.22. The molecular formula is C21H17FN6O. The second-order valence-corrected chi connectivity index (χ2v) is 5.77. The highest BCUT2D eigenvalue weighted by Crippen LogP contribution is 2.22. The first-order valence-electron chi connectivity index (χ1n) is 8.48. The number of halogens is 1. The first-order valence-corrected chi connectivity index (χ1v) is 8.48. The minimum atomic E-state index is -0.306. The lowest BCUT2D eigenvalue weighted by molar-refractivity contribution is 0.413. The van der Waals surface area contributed by atoms with E-state index in [1.165, 1.54) is 31.5 Å². The molecule has 144 valence electrons. The van der Waals surface area contributed by atoms with Crippen molar-refractivity contribution >= 4 is 17.3 Å². The van der Waals surface area contributed by atoms with Gasteiger partial charge in [0.1, 0.15) is 17.4 Å². The van der Waals surface area contributed by atoms with Gasteiger partial charge in [0.2, 0.25) is 0 Å². The molecule has 1 heterocycles. The molecule has 1 aromatic heterocycles. The molecule has 7 nitrogen and oxygen atoms in total. The number of nitrogen functional groups attached to an aromatic ring is 1. The van der Waals surface area contributed by atoms with E-state index in [4.69, 9.17) is 15.9 Å². The van der Waals surface area contributed by atoms with E-state index < -0.39 is 0 Å². The Balaban J connectivity index is 1.76. The Kier molecular flexibility index (Phi) is 6.12. The van der Waals surface area contributed by atoms with Gasteiger partial charge in [0.25, 0.3) is 0 Å². The van der Waals surface area contributed by atoms with E-state index >= 15 is 0 Å². The SMILES string of the molecule is COc1cc(/N=N/Nc2ccccc2C#Cc2ccc(F)cc2)ncc1C(=N)N. The van der Waals surface area contributed by atoms with Crippen molar-refractivity contribution in [2.45, 2.75) is 0 Å². The van der Waals surface area contributed by atoms with Crippen LogP contribution in [0.25, 0.3) is 0 Å². The van der Waals surface area contributed by atoms with E-state index in [0.29, 0.717) is 28.1 Å². The molecule has 0 bridgehead atoms. The second kappa shape index (κ2) is 9.10. The topological polar surface area (TPSA) is 109 Å². The van der Waals surface area contributed by atoms with Crippen molar-refractivity contribution in [3.63, 3.8) is 0 Å². The van der Waals surface area contributed by atoms with Crippen LogP contribution in [0.5, 0.6) is 5.75 Å². The number of hydrogen-bond acceptors (Lipinski definition) is 5. The normalized spacial score (nSPS) is 10.3. The standard InChI is InChI=1S/C21H17FN6O/c1-29-19-12-20(25-13-17(19)21(23)24)27-28-26-18-5-3-2-4-15(18)9-6-14-7-10-16(22)11-8-14/h2-5,7-8,10-13H,1H3,(H3,23,24)(H,25,26,27). The molecule has 4 N–H and O–H groups in total. The lowest BCUT2D eigenvalue weighted by Crippen LogP contribution is -2.12. The Hall–Kier alpha value is -4.25. The molecule has 2 aromatic carbocycles. The van der Waals surface area contributed by atoms with Crippen molar-refractivity contribution in [3.8, 4) is 17.6 Å². The fourth-order valence-corrected chi connectivity index (χ4v) is 2.34. The van der Waals surface area contributed by atoms with Gasteiger partial charge in [-0.3, -0.25) is 10.8 Å². The van der Waals surface area contributed by atoms with Crippen LogP contribution in [-0.2, 0) is 0 Å². The average Bonchev–Trinajstić information content (AvgIpc) is 2.74. The first-order chi connectivity index (χ1) is 14.1. The summed E-state index contributed by atoms with van der Waals surface area (Å²) in [5, 5.41) is 15.4. The second-order valence-electron chi connectivity index (χ2n) is 5.77. The molecule has 3 aromatic rings. The van der Waals surface area contributed by atoms with E-state index in [1.54, 1.807) is 18.2 Å². The molecule has 0 aliphatic rings. The highest BCUT2D eigenvalue weighted by molar-refractivity contribution is 5.97. The number of hydrogen-bond donors (Lipinski definition) is 3. The third-order valence-electron chi connectivity index (χ3n) is 3.80. The zero-order valence-electron chi connectivity index (χ0n) is 15.5. The maximum Gasteiger partial charge on any atom is 0.179 e. The summed E-state index contributed by atoms with van der Waals surface area (Å²) in [7, 11) is 1.47.